The van der Waals surface area contributed by atoms with Crippen LogP contribution in [0.3, 0.4) is 0 Å². The van der Waals surface area contributed by atoms with Gasteiger partial charge in [0, 0.05) is 11.8 Å². The van der Waals surface area contributed by atoms with E-state index in [-0.39, 0.29) is 23.8 Å². The Hall–Kier alpha value is -2.75. The van der Waals surface area contributed by atoms with Crippen molar-refractivity contribution in [1.29, 1.82) is 0 Å². The number of allylic oxidation sites excluding steroid dienone is 2. The van der Waals surface area contributed by atoms with Crippen LogP contribution in [-0.4, -0.2) is 51.1 Å². The van der Waals surface area contributed by atoms with Crippen molar-refractivity contribution in [3.05, 3.63) is 59.3 Å². The number of thioether (sulfide) groups is 1. The molecule has 2 aliphatic rings. The second kappa shape index (κ2) is 7.70. The van der Waals surface area contributed by atoms with Crippen molar-refractivity contribution in [2.75, 3.05) is 5.75 Å². The van der Waals surface area contributed by atoms with Crippen LogP contribution < -0.4 is 5.32 Å². The lowest BCUT2D eigenvalue weighted by atomic mass is 10.0. The first kappa shape index (κ1) is 20.0. The van der Waals surface area contributed by atoms with Crippen LogP contribution >= 0.6 is 11.8 Å². The number of carbonyl (C=O) groups is 3. The van der Waals surface area contributed by atoms with Gasteiger partial charge < -0.3 is 10.4 Å². The Morgan fingerprint density at radius 1 is 1.29 bits per heavy atom. The molecule has 0 saturated carbocycles. The number of aliphatic carboxylic acids is 1. The van der Waals surface area contributed by atoms with Crippen molar-refractivity contribution in [3.63, 3.8) is 0 Å². The molecule has 2 amide bonds. The van der Waals surface area contributed by atoms with E-state index < -0.39 is 41.1 Å². The molecule has 2 atom stereocenters. The molecule has 6 nitrogen and oxygen atoms in total. The Balaban J connectivity index is 1.73. The summed E-state index contributed by atoms with van der Waals surface area (Å²) in [6, 6.07) is 7.95. The maximum absolute atomic E-state index is 12.4. The highest BCUT2D eigenvalue weighted by Gasteiger charge is 2.54. The van der Waals surface area contributed by atoms with Crippen molar-refractivity contribution in [1.82, 2.24) is 10.2 Å². The number of carbonyl (C=O) groups excluding carboxylic acids is 2. The second-order valence-corrected chi connectivity index (χ2v) is 7.28. The number of carboxylic acids is 1. The van der Waals surface area contributed by atoms with E-state index in [0.29, 0.717) is 6.08 Å². The van der Waals surface area contributed by atoms with Gasteiger partial charge in [-0.3, -0.25) is 14.5 Å². The molecule has 28 heavy (non-hydrogen) atoms. The Morgan fingerprint density at radius 3 is 2.57 bits per heavy atom. The molecule has 3 rings (SSSR count). The number of benzene rings is 1. The summed E-state index contributed by atoms with van der Waals surface area (Å²) in [5.41, 5.74) is 0.168. The van der Waals surface area contributed by atoms with Gasteiger partial charge in [0.05, 0.1) is 6.42 Å². The molecule has 2 aliphatic heterocycles. The first-order valence-corrected chi connectivity index (χ1v) is 9.22. The molecule has 2 N–H and O–H groups in total. The number of halogens is 3. The topological polar surface area (TPSA) is 86.7 Å². The smallest absolute Gasteiger partial charge is 0.409 e. The van der Waals surface area contributed by atoms with Crippen molar-refractivity contribution in [3.8, 4) is 0 Å². The molecule has 0 bridgehead atoms. The second-order valence-electron chi connectivity index (χ2n) is 6.17. The van der Waals surface area contributed by atoms with Gasteiger partial charge in [-0.15, -0.1) is 11.8 Å². The van der Waals surface area contributed by atoms with Gasteiger partial charge in [-0.05, 0) is 11.1 Å². The minimum Gasteiger partial charge on any atom is -0.477 e. The van der Waals surface area contributed by atoms with E-state index in [1.807, 2.05) is 0 Å². The normalized spacial score (nSPS) is 22.1. The van der Waals surface area contributed by atoms with E-state index in [9.17, 15) is 32.7 Å². The van der Waals surface area contributed by atoms with Gasteiger partial charge in [0.15, 0.2) is 0 Å². The van der Waals surface area contributed by atoms with Crippen LogP contribution in [-0.2, 0) is 20.8 Å². The van der Waals surface area contributed by atoms with Crippen LogP contribution in [0.4, 0.5) is 13.2 Å². The number of fused-ring (bicyclic) bond motifs is 1. The van der Waals surface area contributed by atoms with Gasteiger partial charge in [0.1, 0.15) is 17.1 Å². The molecule has 0 radical (unpaired) electrons. The summed E-state index contributed by atoms with van der Waals surface area (Å²) in [7, 11) is 0. The summed E-state index contributed by atoms with van der Waals surface area (Å²) in [5, 5.41) is 11.3. The predicted octanol–water partition coefficient (Wildman–Crippen LogP) is 2.09. The van der Waals surface area contributed by atoms with Crippen LogP contribution in [0.5, 0.6) is 0 Å². The number of alkyl halides is 3. The number of carboxylic acid groups (broad SMARTS) is 1. The van der Waals surface area contributed by atoms with Crippen LogP contribution in [0, 0.1) is 0 Å². The quantitative estimate of drug-likeness (QED) is 0.724. The Kier molecular flexibility index (Phi) is 5.50. The molecular formula is C18H15F3N2O4S. The standard InChI is InChI=1S/C18H15F3N2O4S/c19-18(20,21)7-6-11-9-28-16-13(15(25)23(16)14(11)17(26)27)22-12(24)8-10-4-2-1-3-5-10/h1-7,13,16H,8-9H2,(H,22,24)(H,26,27)/b7-6+/t13?,16-/m1/s1. The van der Waals surface area contributed by atoms with Crippen LogP contribution in [0.15, 0.2) is 53.8 Å². The number of β-lactam (4-membered cyclic amide) rings is 1. The first-order chi connectivity index (χ1) is 13.2. The fraction of sp³-hybridized carbons (Fsp3) is 0.278. The van der Waals surface area contributed by atoms with Gasteiger partial charge in [0.25, 0.3) is 5.91 Å². The van der Waals surface area contributed by atoms with Crippen molar-refractivity contribution in [2.24, 2.45) is 0 Å². The molecule has 10 heteroatoms. The highest BCUT2D eigenvalue weighted by molar-refractivity contribution is 8.00. The molecule has 0 aliphatic carbocycles. The van der Waals surface area contributed by atoms with Gasteiger partial charge in [-0.1, -0.05) is 36.4 Å². The molecule has 2 heterocycles. The summed E-state index contributed by atoms with van der Waals surface area (Å²) in [5.74, 6) is -2.56. The molecule has 1 aromatic carbocycles. The van der Waals surface area contributed by atoms with E-state index in [2.05, 4.69) is 5.32 Å². The van der Waals surface area contributed by atoms with E-state index in [1.165, 1.54) is 0 Å². The lowest BCUT2D eigenvalue weighted by Crippen LogP contribution is -2.70. The van der Waals surface area contributed by atoms with E-state index in [4.69, 9.17) is 0 Å². The first-order valence-electron chi connectivity index (χ1n) is 8.18. The molecule has 1 aromatic rings. The molecule has 0 spiro atoms. The molecule has 1 fully saturated rings. The highest BCUT2D eigenvalue weighted by atomic mass is 32.2. The predicted molar refractivity (Wildman–Crippen MR) is 95.0 cm³/mol. The number of rotatable bonds is 5. The third kappa shape index (κ3) is 4.22. The van der Waals surface area contributed by atoms with Crippen LogP contribution in [0.2, 0.25) is 0 Å². The third-order valence-electron chi connectivity index (χ3n) is 4.20. The summed E-state index contributed by atoms with van der Waals surface area (Å²) in [6.45, 7) is 0. The fourth-order valence-corrected chi connectivity index (χ4v) is 4.29. The van der Waals surface area contributed by atoms with Crippen LogP contribution in [0.1, 0.15) is 5.56 Å². The average molecular weight is 412 g/mol. The zero-order chi connectivity index (χ0) is 20.5. The lowest BCUT2D eigenvalue weighted by molar-refractivity contribution is -0.150. The van der Waals surface area contributed by atoms with E-state index in [1.54, 1.807) is 30.3 Å². The highest BCUT2D eigenvalue weighted by Crippen LogP contribution is 2.41. The molecular weight excluding hydrogens is 397 g/mol. The molecule has 1 unspecified atom stereocenters. The third-order valence-corrected chi connectivity index (χ3v) is 5.50. The number of hydrogen-bond acceptors (Lipinski definition) is 4. The number of nitrogens with one attached hydrogen (secondary N) is 1. The summed E-state index contributed by atoms with van der Waals surface area (Å²) in [4.78, 5) is 37.0. The molecule has 0 aromatic heterocycles. The zero-order valence-corrected chi connectivity index (χ0v) is 15.1. The van der Waals surface area contributed by atoms with Gasteiger partial charge in [-0.25, -0.2) is 4.79 Å². The fourth-order valence-electron chi connectivity index (χ4n) is 2.97. The summed E-state index contributed by atoms with van der Waals surface area (Å²) < 4.78 is 37.2. The van der Waals surface area contributed by atoms with Crippen molar-refractivity contribution in [2.45, 2.75) is 24.0 Å². The minimum absolute atomic E-state index is 0.0201. The van der Waals surface area contributed by atoms with E-state index in [0.717, 1.165) is 22.2 Å². The SMILES string of the molecule is O=C(Cc1ccccc1)NC1C(=O)N2C(C(=O)O)=C(/C=C/C(F)(F)F)CS[C@H]12. The van der Waals surface area contributed by atoms with Crippen LogP contribution in [0.25, 0.3) is 0 Å². The largest absolute Gasteiger partial charge is 0.477 e. The Labute approximate surface area is 162 Å². The minimum atomic E-state index is -4.59. The Bertz CT molecular complexity index is 867. The van der Waals surface area contributed by atoms with Gasteiger partial charge in [0.2, 0.25) is 5.91 Å². The average Bonchev–Trinajstić information content (AvgIpc) is 2.63. The summed E-state index contributed by atoms with van der Waals surface area (Å²) >= 11 is 1.10. The lowest BCUT2D eigenvalue weighted by Gasteiger charge is -2.49. The maximum atomic E-state index is 12.4. The number of hydrogen-bond donors (Lipinski definition) is 2. The Morgan fingerprint density at radius 2 is 1.96 bits per heavy atom. The number of nitrogens with zero attached hydrogens (tertiary/aromatic N) is 1. The molecule has 1 saturated heterocycles. The van der Waals surface area contributed by atoms with Gasteiger partial charge >= 0.3 is 12.1 Å². The van der Waals surface area contributed by atoms with Crippen molar-refractivity contribution < 1.29 is 32.7 Å². The maximum Gasteiger partial charge on any atom is 0.409 e. The zero-order valence-electron chi connectivity index (χ0n) is 14.3. The summed E-state index contributed by atoms with van der Waals surface area (Å²) in [6.07, 6.45) is -3.93. The van der Waals surface area contributed by atoms with E-state index >= 15 is 0 Å². The van der Waals surface area contributed by atoms with Gasteiger partial charge in [-0.2, -0.15) is 13.2 Å². The monoisotopic (exact) mass is 412 g/mol. The van der Waals surface area contributed by atoms with Crippen molar-refractivity contribution >= 4 is 29.5 Å². The molecule has 148 valence electrons. The number of amides is 2.